The van der Waals surface area contributed by atoms with Crippen LogP contribution in [-0.4, -0.2) is 49.1 Å². The molecule has 1 aliphatic heterocycles. The minimum atomic E-state index is -0.209. The molecule has 1 fully saturated rings. The Kier molecular flexibility index (Phi) is 7.17. The zero-order chi connectivity index (χ0) is 22.2. The van der Waals surface area contributed by atoms with Crippen molar-refractivity contribution in [2.75, 3.05) is 33.4 Å². The predicted octanol–water partition coefficient (Wildman–Crippen LogP) is 3.47. The van der Waals surface area contributed by atoms with Gasteiger partial charge in [0.25, 0.3) is 0 Å². The third kappa shape index (κ3) is 5.34. The molecule has 4 rings (SSSR count). The minimum absolute atomic E-state index is 0.0914. The summed E-state index contributed by atoms with van der Waals surface area (Å²) in [6, 6.07) is 17.2. The topological polar surface area (TPSA) is 63.5 Å². The van der Waals surface area contributed by atoms with Gasteiger partial charge in [-0.15, -0.1) is 0 Å². The lowest BCUT2D eigenvalue weighted by Crippen LogP contribution is -2.48. The number of benzene rings is 2. The molecule has 0 aliphatic carbocycles. The van der Waals surface area contributed by atoms with Crippen LogP contribution >= 0.6 is 0 Å². The highest BCUT2D eigenvalue weighted by molar-refractivity contribution is 5.79. The fourth-order valence-electron chi connectivity index (χ4n) is 4.17. The molecule has 1 aliphatic rings. The summed E-state index contributed by atoms with van der Waals surface area (Å²) in [6.45, 7) is 2.91. The van der Waals surface area contributed by atoms with E-state index in [0.29, 0.717) is 13.2 Å². The highest BCUT2D eigenvalue weighted by Gasteiger charge is 2.34. The molecule has 0 radical (unpaired) electrons. The van der Waals surface area contributed by atoms with Crippen LogP contribution in [-0.2, 0) is 16.6 Å². The molecular formula is C25H30FN5O. The number of nitrogens with zero attached hydrogens (tertiary/aromatic N) is 3. The summed E-state index contributed by atoms with van der Waals surface area (Å²) >= 11 is 0. The van der Waals surface area contributed by atoms with Crippen molar-refractivity contribution < 1.29 is 9.13 Å². The molecule has 0 amide bonds. The first-order chi connectivity index (χ1) is 15.7. The van der Waals surface area contributed by atoms with Crippen molar-refractivity contribution in [1.29, 1.82) is 0 Å². The van der Waals surface area contributed by atoms with Crippen LogP contribution in [0.15, 0.2) is 72.0 Å². The van der Waals surface area contributed by atoms with Gasteiger partial charge in [0, 0.05) is 51.2 Å². The van der Waals surface area contributed by atoms with Crippen molar-refractivity contribution in [3.63, 3.8) is 0 Å². The second-order valence-corrected chi connectivity index (χ2v) is 8.12. The molecule has 7 heteroatoms. The van der Waals surface area contributed by atoms with E-state index in [4.69, 9.17) is 4.74 Å². The van der Waals surface area contributed by atoms with Crippen molar-refractivity contribution >= 4 is 5.96 Å². The van der Waals surface area contributed by atoms with Gasteiger partial charge in [-0.3, -0.25) is 4.99 Å². The predicted molar refractivity (Wildman–Crippen MR) is 125 cm³/mol. The number of guanidine groups is 1. The quantitative estimate of drug-likeness (QED) is 0.441. The first-order valence-corrected chi connectivity index (χ1v) is 11.1. The van der Waals surface area contributed by atoms with E-state index in [1.54, 1.807) is 13.2 Å². The second kappa shape index (κ2) is 10.4. The minimum Gasteiger partial charge on any atom is -0.381 e. The smallest absolute Gasteiger partial charge is 0.191 e. The van der Waals surface area contributed by atoms with E-state index in [0.717, 1.165) is 49.6 Å². The Bertz CT molecular complexity index is 994. The molecule has 168 valence electrons. The van der Waals surface area contributed by atoms with Crippen molar-refractivity contribution in [3.8, 4) is 5.69 Å². The van der Waals surface area contributed by atoms with E-state index in [1.807, 2.05) is 29.1 Å². The number of ether oxygens (including phenoxy) is 1. The summed E-state index contributed by atoms with van der Waals surface area (Å²) < 4.78 is 20.9. The van der Waals surface area contributed by atoms with Gasteiger partial charge in [-0.05, 0) is 60.7 Å². The molecule has 1 saturated heterocycles. The Morgan fingerprint density at radius 2 is 1.84 bits per heavy atom. The molecule has 0 atom stereocenters. The Morgan fingerprint density at radius 1 is 1.09 bits per heavy atom. The highest BCUT2D eigenvalue weighted by Crippen LogP contribution is 2.34. The average Bonchev–Trinajstić information content (AvgIpc) is 3.38. The molecular weight excluding hydrogens is 405 g/mol. The number of nitrogens with one attached hydrogen (secondary N) is 2. The van der Waals surface area contributed by atoms with E-state index in [-0.39, 0.29) is 11.2 Å². The Hall–Kier alpha value is -3.19. The van der Waals surface area contributed by atoms with E-state index < -0.39 is 0 Å². The first-order valence-electron chi connectivity index (χ1n) is 11.1. The molecule has 2 heterocycles. The number of rotatable bonds is 7. The molecule has 0 unspecified atom stereocenters. The van der Waals surface area contributed by atoms with Crippen molar-refractivity contribution in [2.45, 2.75) is 24.7 Å². The lowest BCUT2D eigenvalue weighted by atomic mass is 9.74. The molecule has 6 nitrogen and oxygen atoms in total. The molecule has 1 aromatic heterocycles. The van der Waals surface area contributed by atoms with Crippen LogP contribution in [0.5, 0.6) is 0 Å². The number of hydrogen-bond acceptors (Lipinski definition) is 3. The van der Waals surface area contributed by atoms with Crippen LogP contribution in [0.2, 0.25) is 0 Å². The molecule has 2 aromatic carbocycles. The molecule has 0 saturated carbocycles. The number of halogens is 1. The molecule has 0 bridgehead atoms. The average molecular weight is 436 g/mol. The van der Waals surface area contributed by atoms with Gasteiger partial charge in [0.15, 0.2) is 5.96 Å². The van der Waals surface area contributed by atoms with Gasteiger partial charge in [-0.1, -0.05) is 24.3 Å². The molecule has 2 N–H and O–H groups in total. The van der Waals surface area contributed by atoms with Crippen molar-refractivity contribution in [3.05, 3.63) is 83.9 Å². The number of hydrogen-bond donors (Lipinski definition) is 2. The normalized spacial score (nSPS) is 16.0. The van der Waals surface area contributed by atoms with Crippen molar-refractivity contribution in [1.82, 2.24) is 20.4 Å². The Balaban J connectivity index is 1.31. The van der Waals surface area contributed by atoms with Gasteiger partial charge >= 0.3 is 0 Å². The van der Waals surface area contributed by atoms with Crippen molar-refractivity contribution in [2.24, 2.45) is 4.99 Å². The van der Waals surface area contributed by atoms with Gasteiger partial charge in [0.2, 0.25) is 0 Å². The monoisotopic (exact) mass is 435 g/mol. The van der Waals surface area contributed by atoms with Gasteiger partial charge in [-0.2, -0.15) is 5.10 Å². The lowest BCUT2D eigenvalue weighted by Gasteiger charge is -2.38. The Morgan fingerprint density at radius 3 is 2.50 bits per heavy atom. The van der Waals surface area contributed by atoms with Crippen LogP contribution < -0.4 is 10.6 Å². The third-order valence-corrected chi connectivity index (χ3v) is 6.14. The van der Waals surface area contributed by atoms with E-state index >= 15 is 0 Å². The summed E-state index contributed by atoms with van der Waals surface area (Å²) in [5.74, 6) is 0.560. The van der Waals surface area contributed by atoms with E-state index in [2.05, 4.69) is 45.0 Å². The van der Waals surface area contributed by atoms with E-state index in [1.165, 1.54) is 17.7 Å². The van der Waals surface area contributed by atoms with Gasteiger partial charge in [0.05, 0.1) is 5.69 Å². The maximum atomic E-state index is 13.4. The second-order valence-electron chi connectivity index (χ2n) is 8.12. The standard InChI is InChI=1S/C25H30FN5O/c1-27-24(28-15-11-20-3-9-23(10-4-20)31-16-2-14-30-31)29-19-25(12-17-32-18-13-25)21-5-7-22(26)8-6-21/h2-10,14,16H,11-13,15,17-19H2,1H3,(H2,27,28,29). The Labute approximate surface area is 188 Å². The van der Waals surface area contributed by atoms with Crippen LogP contribution in [0.3, 0.4) is 0 Å². The van der Waals surface area contributed by atoms with Gasteiger partial charge < -0.3 is 15.4 Å². The van der Waals surface area contributed by atoms with Gasteiger partial charge in [0.1, 0.15) is 5.82 Å². The summed E-state index contributed by atoms with van der Waals surface area (Å²) in [7, 11) is 1.78. The molecule has 32 heavy (non-hydrogen) atoms. The first kappa shape index (κ1) is 22.0. The fourth-order valence-corrected chi connectivity index (χ4v) is 4.17. The van der Waals surface area contributed by atoms with E-state index in [9.17, 15) is 4.39 Å². The maximum Gasteiger partial charge on any atom is 0.191 e. The summed E-state index contributed by atoms with van der Waals surface area (Å²) in [4.78, 5) is 4.38. The largest absolute Gasteiger partial charge is 0.381 e. The highest BCUT2D eigenvalue weighted by atomic mass is 19.1. The lowest BCUT2D eigenvalue weighted by molar-refractivity contribution is 0.0513. The van der Waals surface area contributed by atoms with Crippen LogP contribution in [0.1, 0.15) is 24.0 Å². The zero-order valence-electron chi connectivity index (χ0n) is 18.4. The van der Waals surface area contributed by atoms with Crippen LogP contribution in [0, 0.1) is 5.82 Å². The SMILES string of the molecule is CN=C(NCCc1ccc(-n2cccn2)cc1)NCC1(c2ccc(F)cc2)CCOCC1. The zero-order valence-corrected chi connectivity index (χ0v) is 18.4. The summed E-state index contributed by atoms with van der Waals surface area (Å²) in [5, 5.41) is 11.1. The third-order valence-electron chi connectivity index (χ3n) is 6.14. The maximum absolute atomic E-state index is 13.4. The van der Waals surface area contributed by atoms with Crippen LogP contribution in [0.25, 0.3) is 5.69 Å². The van der Waals surface area contributed by atoms with Crippen LogP contribution in [0.4, 0.5) is 4.39 Å². The summed E-state index contributed by atoms with van der Waals surface area (Å²) in [6.07, 6.45) is 6.38. The fraction of sp³-hybridized carbons (Fsp3) is 0.360. The van der Waals surface area contributed by atoms with Gasteiger partial charge in [-0.25, -0.2) is 9.07 Å². The number of aliphatic imine (C=N–C) groups is 1. The molecule has 0 spiro atoms. The summed E-state index contributed by atoms with van der Waals surface area (Å²) in [5.41, 5.74) is 3.34. The molecule has 3 aromatic rings. The number of aromatic nitrogens is 2.